The molecule has 0 atom stereocenters. The van der Waals surface area contributed by atoms with Gasteiger partial charge in [-0.05, 0) is 12.0 Å². The summed E-state index contributed by atoms with van der Waals surface area (Å²) in [5, 5.41) is 4.90. The zero-order valence-corrected chi connectivity index (χ0v) is 13.2. The number of hydrogen-bond acceptors (Lipinski definition) is 6. The highest BCUT2D eigenvalue weighted by Gasteiger charge is 2.19. The van der Waals surface area contributed by atoms with Crippen LogP contribution in [0, 0.1) is 5.92 Å². The molecule has 2 aromatic rings. The van der Waals surface area contributed by atoms with Gasteiger partial charge < -0.3 is 9.47 Å². The molecule has 122 valence electrons. The second-order valence-electron chi connectivity index (χ2n) is 5.43. The van der Waals surface area contributed by atoms with Crippen LogP contribution < -0.4 is 5.56 Å². The van der Waals surface area contributed by atoms with Gasteiger partial charge in [0.25, 0.3) is 5.56 Å². The predicted molar refractivity (Wildman–Crippen MR) is 83.1 cm³/mol. The molecule has 0 aliphatic carbocycles. The van der Waals surface area contributed by atoms with Gasteiger partial charge in [0.05, 0.1) is 12.5 Å². The molecule has 0 aliphatic heterocycles. The van der Waals surface area contributed by atoms with Crippen LogP contribution >= 0.6 is 0 Å². The lowest BCUT2D eigenvalue weighted by Crippen LogP contribution is -2.28. The van der Waals surface area contributed by atoms with Crippen molar-refractivity contribution in [3.8, 4) is 0 Å². The summed E-state index contributed by atoms with van der Waals surface area (Å²) in [7, 11) is 1.20. The molecule has 0 aliphatic rings. The van der Waals surface area contributed by atoms with E-state index >= 15 is 0 Å². The Morgan fingerprint density at radius 2 is 1.87 bits per heavy atom. The molecule has 0 amide bonds. The van der Waals surface area contributed by atoms with Crippen LogP contribution in [-0.2, 0) is 20.8 Å². The fourth-order valence-electron chi connectivity index (χ4n) is 2.11. The van der Waals surface area contributed by atoms with E-state index in [0.29, 0.717) is 17.3 Å². The molecule has 0 N–H and O–H groups in total. The minimum atomic E-state index is -0.774. The van der Waals surface area contributed by atoms with E-state index in [2.05, 4.69) is 9.84 Å². The van der Waals surface area contributed by atoms with E-state index in [1.165, 1.54) is 11.8 Å². The molecule has 0 bridgehead atoms. The quantitative estimate of drug-likeness (QED) is 0.774. The number of carbonyl (C=O) groups excluding carboxylic acids is 2. The summed E-state index contributed by atoms with van der Waals surface area (Å²) in [6, 6.07) is 6.67. The highest BCUT2D eigenvalue weighted by molar-refractivity contribution is 6.02. The minimum Gasteiger partial charge on any atom is -0.466 e. The molecule has 1 heterocycles. The van der Waals surface area contributed by atoms with Crippen LogP contribution in [0.15, 0.2) is 29.1 Å². The Morgan fingerprint density at radius 1 is 1.22 bits per heavy atom. The third-order valence-corrected chi connectivity index (χ3v) is 3.15. The first-order chi connectivity index (χ1) is 10.9. The maximum absolute atomic E-state index is 12.4. The highest BCUT2D eigenvalue weighted by atomic mass is 16.6. The number of aromatic nitrogens is 2. The number of ether oxygens (including phenoxy) is 2. The molecule has 0 spiro atoms. The molecule has 1 aromatic carbocycles. The van der Waals surface area contributed by atoms with Crippen molar-refractivity contribution in [1.29, 1.82) is 0 Å². The van der Waals surface area contributed by atoms with Gasteiger partial charge in [-0.2, -0.15) is 5.10 Å². The molecular weight excluding hydrogens is 300 g/mol. The fraction of sp³-hybridized carbons (Fsp3) is 0.375. The van der Waals surface area contributed by atoms with Crippen LogP contribution in [0.2, 0.25) is 0 Å². The number of esters is 2. The first kappa shape index (κ1) is 16.7. The lowest BCUT2D eigenvalue weighted by atomic mass is 10.1. The summed E-state index contributed by atoms with van der Waals surface area (Å²) < 4.78 is 10.6. The van der Waals surface area contributed by atoms with Gasteiger partial charge in [0.15, 0.2) is 12.3 Å². The standard InChI is InChI=1S/C16H18N2O5/c1-10(2)8-18-15(20)12-7-5-4-6-11(12)14(17-18)16(21)23-9-13(19)22-3/h4-7,10H,8-9H2,1-3H3. The Morgan fingerprint density at radius 3 is 2.48 bits per heavy atom. The number of rotatable bonds is 5. The van der Waals surface area contributed by atoms with Crippen molar-refractivity contribution in [2.24, 2.45) is 5.92 Å². The normalized spacial score (nSPS) is 10.8. The average molecular weight is 318 g/mol. The molecule has 1 aromatic heterocycles. The Balaban J connectivity index is 2.49. The molecular formula is C16H18N2O5. The van der Waals surface area contributed by atoms with E-state index in [4.69, 9.17) is 4.74 Å². The maximum Gasteiger partial charge on any atom is 0.360 e. The largest absolute Gasteiger partial charge is 0.466 e. The van der Waals surface area contributed by atoms with Gasteiger partial charge in [-0.1, -0.05) is 32.0 Å². The minimum absolute atomic E-state index is 0.00440. The molecule has 0 unspecified atom stereocenters. The molecule has 0 saturated carbocycles. The van der Waals surface area contributed by atoms with Crippen molar-refractivity contribution < 1.29 is 19.1 Å². The summed E-state index contributed by atoms with van der Waals surface area (Å²) in [6.07, 6.45) is 0. The smallest absolute Gasteiger partial charge is 0.360 e. The zero-order valence-electron chi connectivity index (χ0n) is 13.2. The van der Waals surface area contributed by atoms with Gasteiger partial charge in [-0.15, -0.1) is 0 Å². The molecule has 0 radical (unpaired) electrons. The van der Waals surface area contributed by atoms with Gasteiger partial charge in [0, 0.05) is 11.9 Å². The van der Waals surface area contributed by atoms with E-state index in [1.807, 2.05) is 13.8 Å². The number of carbonyl (C=O) groups is 2. The van der Waals surface area contributed by atoms with Gasteiger partial charge in [0.1, 0.15) is 0 Å². The van der Waals surface area contributed by atoms with Crippen LogP contribution in [-0.4, -0.2) is 35.4 Å². The summed E-state index contributed by atoms with van der Waals surface area (Å²) in [5.74, 6) is -1.26. The summed E-state index contributed by atoms with van der Waals surface area (Å²) in [4.78, 5) is 35.7. The summed E-state index contributed by atoms with van der Waals surface area (Å²) in [5.41, 5.74) is -0.261. The molecule has 2 rings (SSSR count). The van der Waals surface area contributed by atoms with Crippen LogP contribution in [0.1, 0.15) is 24.3 Å². The zero-order chi connectivity index (χ0) is 17.0. The van der Waals surface area contributed by atoms with Crippen molar-refractivity contribution in [3.63, 3.8) is 0 Å². The van der Waals surface area contributed by atoms with Gasteiger partial charge in [-0.25, -0.2) is 14.3 Å². The second-order valence-corrected chi connectivity index (χ2v) is 5.43. The summed E-state index contributed by atoms with van der Waals surface area (Å²) >= 11 is 0. The summed E-state index contributed by atoms with van der Waals surface area (Å²) in [6.45, 7) is 3.76. The van der Waals surface area contributed by atoms with Crippen molar-refractivity contribution in [2.45, 2.75) is 20.4 Å². The van der Waals surface area contributed by atoms with Crippen molar-refractivity contribution in [3.05, 3.63) is 40.3 Å². The topological polar surface area (TPSA) is 87.5 Å². The van der Waals surface area contributed by atoms with Crippen molar-refractivity contribution in [1.82, 2.24) is 9.78 Å². The molecule has 23 heavy (non-hydrogen) atoms. The number of nitrogens with zero attached hydrogens (tertiary/aromatic N) is 2. The Hall–Kier alpha value is -2.70. The first-order valence-electron chi connectivity index (χ1n) is 7.17. The van der Waals surface area contributed by atoms with Gasteiger partial charge >= 0.3 is 11.9 Å². The molecule has 0 fully saturated rings. The average Bonchev–Trinajstić information content (AvgIpc) is 2.54. The van der Waals surface area contributed by atoms with Crippen LogP contribution in [0.5, 0.6) is 0 Å². The van der Waals surface area contributed by atoms with Crippen LogP contribution in [0.25, 0.3) is 10.8 Å². The predicted octanol–water partition coefficient (Wildman–Crippen LogP) is 1.38. The van der Waals surface area contributed by atoms with Crippen LogP contribution in [0.4, 0.5) is 0 Å². The maximum atomic E-state index is 12.4. The molecule has 7 heteroatoms. The van der Waals surface area contributed by atoms with E-state index in [-0.39, 0.29) is 17.2 Å². The monoisotopic (exact) mass is 318 g/mol. The lowest BCUT2D eigenvalue weighted by molar-refractivity contribution is -0.144. The number of fused-ring (bicyclic) bond motifs is 1. The van der Waals surface area contributed by atoms with Crippen LogP contribution in [0.3, 0.4) is 0 Å². The first-order valence-corrected chi connectivity index (χ1v) is 7.17. The van der Waals surface area contributed by atoms with Gasteiger partial charge in [0.2, 0.25) is 0 Å². The van der Waals surface area contributed by atoms with Crippen molar-refractivity contribution >= 4 is 22.7 Å². The van der Waals surface area contributed by atoms with E-state index in [1.54, 1.807) is 24.3 Å². The number of methoxy groups -OCH3 is 1. The van der Waals surface area contributed by atoms with E-state index in [0.717, 1.165) is 0 Å². The van der Waals surface area contributed by atoms with Gasteiger partial charge in [-0.3, -0.25) is 4.79 Å². The Bertz CT molecular complexity index is 795. The van der Waals surface area contributed by atoms with E-state index in [9.17, 15) is 14.4 Å². The molecule has 0 saturated heterocycles. The third kappa shape index (κ3) is 3.74. The SMILES string of the molecule is COC(=O)COC(=O)c1nn(CC(C)C)c(=O)c2ccccc12. The highest BCUT2D eigenvalue weighted by Crippen LogP contribution is 2.14. The number of benzene rings is 1. The third-order valence-electron chi connectivity index (χ3n) is 3.15. The fourth-order valence-corrected chi connectivity index (χ4v) is 2.11. The second kappa shape index (κ2) is 7.04. The van der Waals surface area contributed by atoms with E-state index < -0.39 is 18.5 Å². The lowest BCUT2D eigenvalue weighted by Gasteiger charge is -2.12. The Labute approximate surface area is 132 Å². The Kier molecular flexibility index (Phi) is 5.10. The molecule has 7 nitrogen and oxygen atoms in total. The number of hydrogen-bond donors (Lipinski definition) is 0. The van der Waals surface area contributed by atoms with Crippen molar-refractivity contribution in [2.75, 3.05) is 13.7 Å².